The molecule has 0 spiro atoms. The van der Waals surface area contributed by atoms with Crippen molar-refractivity contribution in [3.8, 4) is 5.75 Å². The van der Waals surface area contributed by atoms with Crippen LogP contribution in [-0.4, -0.2) is 15.9 Å². The number of hydrogen-bond donors (Lipinski definition) is 1. The number of benzene rings is 2. The molecule has 0 aliphatic carbocycles. The molecular weight excluding hydrogens is 345 g/mol. The summed E-state index contributed by atoms with van der Waals surface area (Å²) < 4.78 is 46.4. The van der Waals surface area contributed by atoms with Crippen molar-refractivity contribution in [2.45, 2.75) is 13.5 Å². The lowest BCUT2D eigenvalue weighted by Crippen LogP contribution is -2.01. The first kappa shape index (κ1) is 17.5. The number of imidazole rings is 1. The number of aryl methyl sites for hydroxylation is 1. The van der Waals surface area contributed by atoms with Crippen LogP contribution < -0.4 is 10.5 Å². The molecule has 0 atom stereocenters. The summed E-state index contributed by atoms with van der Waals surface area (Å²) in [6, 6.07) is 8.96. The smallest absolute Gasteiger partial charge is 0.221 e. The van der Waals surface area contributed by atoms with Crippen molar-refractivity contribution in [3.05, 3.63) is 76.9 Å². The Hall–Kier alpha value is -3.29. The average molecular weight is 360 g/mol. The lowest BCUT2D eigenvalue weighted by atomic mass is 10.1. The van der Waals surface area contributed by atoms with Gasteiger partial charge in [0.15, 0.2) is 17.4 Å². The Balaban J connectivity index is 1.72. The largest absolute Gasteiger partial charge is 0.486 e. The summed E-state index contributed by atoms with van der Waals surface area (Å²) in [5.74, 6) is -4.26. The third kappa shape index (κ3) is 3.85. The molecule has 1 heterocycles. The zero-order valence-electron chi connectivity index (χ0n) is 13.8. The van der Waals surface area contributed by atoms with Gasteiger partial charge in [-0.25, -0.2) is 18.4 Å². The van der Waals surface area contributed by atoms with Crippen molar-refractivity contribution in [1.29, 1.82) is 0 Å². The minimum Gasteiger partial charge on any atom is -0.486 e. The van der Waals surface area contributed by atoms with Crippen LogP contribution >= 0.6 is 0 Å². The summed E-state index contributed by atoms with van der Waals surface area (Å²) in [6.07, 6.45) is 3.27. The molecule has 0 aliphatic heterocycles. The summed E-state index contributed by atoms with van der Waals surface area (Å²) >= 11 is 0. The van der Waals surface area contributed by atoms with Crippen LogP contribution in [0.2, 0.25) is 0 Å². The first-order valence-electron chi connectivity index (χ1n) is 7.65. The maximum absolute atomic E-state index is 13.6. The predicted molar refractivity (Wildman–Crippen MR) is 91.5 cm³/mol. The zero-order valence-corrected chi connectivity index (χ0v) is 13.8. The fraction of sp³-hybridized carbons (Fsp3) is 0.111. The summed E-state index contributed by atoms with van der Waals surface area (Å²) in [5.41, 5.74) is 7.91. The number of anilines is 1. The Morgan fingerprint density at radius 1 is 1.19 bits per heavy atom. The number of hydrogen-bond acceptors (Lipinski definition) is 4. The molecule has 8 heteroatoms. The highest BCUT2D eigenvalue weighted by Crippen LogP contribution is 2.22. The van der Waals surface area contributed by atoms with Crippen molar-refractivity contribution in [2.24, 2.45) is 5.10 Å². The van der Waals surface area contributed by atoms with Gasteiger partial charge in [-0.05, 0) is 36.2 Å². The van der Waals surface area contributed by atoms with Gasteiger partial charge in [0, 0.05) is 0 Å². The number of rotatable bonds is 5. The molecule has 0 radical (unpaired) electrons. The minimum absolute atomic E-state index is 0.0179. The molecular formula is C18H15F3N4O. The maximum atomic E-state index is 13.6. The molecule has 0 aliphatic rings. The highest BCUT2D eigenvalue weighted by atomic mass is 19.2. The van der Waals surface area contributed by atoms with Crippen LogP contribution in [0, 0.1) is 24.4 Å². The number of nitrogen functional groups attached to an aromatic ring is 1. The van der Waals surface area contributed by atoms with Crippen molar-refractivity contribution in [3.63, 3.8) is 0 Å². The Kier molecular flexibility index (Phi) is 4.92. The van der Waals surface area contributed by atoms with Gasteiger partial charge in [0.25, 0.3) is 0 Å². The molecule has 134 valence electrons. The molecule has 5 nitrogen and oxygen atoms in total. The standard InChI is InChI=1S/C18H15F3N4O/c1-11-9-25(18(22)24-11)23-8-12-3-2-4-13(7-12)10-26-15-6-5-14(19)16(20)17(15)21/h2-9H,10H2,1H3,(H2,22,24). The first-order chi connectivity index (χ1) is 12.4. The van der Waals surface area contributed by atoms with Gasteiger partial charge in [-0.2, -0.15) is 9.49 Å². The van der Waals surface area contributed by atoms with Gasteiger partial charge in [-0.3, -0.25) is 0 Å². The van der Waals surface area contributed by atoms with E-state index < -0.39 is 17.5 Å². The maximum Gasteiger partial charge on any atom is 0.221 e. The molecule has 2 aromatic carbocycles. The highest BCUT2D eigenvalue weighted by molar-refractivity contribution is 5.79. The number of nitrogens with two attached hydrogens (primary N) is 1. The Morgan fingerprint density at radius 3 is 2.73 bits per heavy atom. The molecule has 0 saturated carbocycles. The second kappa shape index (κ2) is 7.30. The van der Waals surface area contributed by atoms with Gasteiger partial charge in [-0.1, -0.05) is 18.2 Å². The monoisotopic (exact) mass is 360 g/mol. The first-order valence-corrected chi connectivity index (χ1v) is 7.65. The zero-order chi connectivity index (χ0) is 18.7. The molecule has 26 heavy (non-hydrogen) atoms. The lowest BCUT2D eigenvalue weighted by Gasteiger charge is -2.08. The summed E-state index contributed by atoms with van der Waals surface area (Å²) in [5, 5.41) is 4.20. The van der Waals surface area contributed by atoms with Crippen molar-refractivity contribution in [1.82, 2.24) is 9.66 Å². The Morgan fingerprint density at radius 2 is 2.00 bits per heavy atom. The number of ether oxygens (including phenoxy) is 1. The van der Waals surface area contributed by atoms with E-state index in [0.717, 1.165) is 23.4 Å². The fourth-order valence-electron chi connectivity index (χ4n) is 2.27. The van der Waals surface area contributed by atoms with E-state index in [0.29, 0.717) is 5.56 Å². The minimum atomic E-state index is -1.56. The topological polar surface area (TPSA) is 65.4 Å². The lowest BCUT2D eigenvalue weighted by molar-refractivity contribution is 0.281. The fourth-order valence-corrected chi connectivity index (χ4v) is 2.27. The molecule has 0 unspecified atom stereocenters. The molecule has 0 fully saturated rings. The van der Waals surface area contributed by atoms with Crippen molar-refractivity contribution < 1.29 is 17.9 Å². The predicted octanol–water partition coefficient (Wildman–Crippen LogP) is 3.65. The van der Waals surface area contributed by atoms with Crippen LogP contribution in [0.15, 0.2) is 47.7 Å². The van der Waals surface area contributed by atoms with Crippen LogP contribution in [0.25, 0.3) is 0 Å². The van der Waals surface area contributed by atoms with E-state index in [1.54, 1.807) is 37.5 Å². The van der Waals surface area contributed by atoms with E-state index in [1.165, 1.54) is 4.68 Å². The quantitative estimate of drug-likeness (QED) is 0.558. The van der Waals surface area contributed by atoms with Crippen molar-refractivity contribution in [2.75, 3.05) is 5.73 Å². The number of aromatic nitrogens is 2. The Bertz CT molecular complexity index is 969. The van der Waals surface area contributed by atoms with Crippen molar-refractivity contribution >= 4 is 12.2 Å². The van der Waals surface area contributed by atoms with Crippen LogP contribution in [0.3, 0.4) is 0 Å². The summed E-state index contributed by atoms with van der Waals surface area (Å²) in [7, 11) is 0. The van der Waals surface area contributed by atoms with Crippen LogP contribution in [0.4, 0.5) is 19.1 Å². The van der Waals surface area contributed by atoms with E-state index in [9.17, 15) is 13.2 Å². The van der Waals surface area contributed by atoms with E-state index in [1.807, 2.05) is 6.07 Å². The SMILES string of the molecule is Cc1cn(N=Cc2cccc(COc3ccc(F)c(F)c3F)c2)c(N)n1. The number of halogens is 3. The molecule has 3 aromatic rings. The van der Waals surface area contributed by atoms with Gasteiger partial charge >= 0.3 is 0 Å². The number of nitrogens with zero attached hydrogens (tertiary/aromatic N) is 3. The summed E-state index contributed by atoms with van der Waals surface area (Å²) in [4.78, 5) is 4.04. The molecule has 0 amide bonds. The van der Waals surface area contributed by atoms with E-state index in [-0.39, 0.29) is 18.3 Å². The second-order valence-electron chi connectivity index (χ2n) is 5.54. The highest BCUT2D eigenvalue weighted by Gasteiger charge is 2.14. The molecule has 0 saturated heterocycles. The molecule has 1 aromatic heterocycles. The van der Waals surface area contributed by atoms with Crippen LogP contribution in [0.1, 0.15) is 16.8 Å². The van der Waals surface area contributed by atoms with E-state index in [2.05, 4.69) is 10.1 Å². The average Bonchev–Trinajstić information content (AvgIpc) is 2.95. The molecule has 2 N–H and O–H groups in total. The van der Waals surface area contributed by atoms with Crippen LogP contribution in [-0.2, 0) is 6.61 Å². The van der Waals surface area contributed by atoms with Gasteiger partial charge in [0.1, 0.15) is 6.61 Å². The van der Waals surface area contributed by atoms with Gasteiger partial charge in [0.2, 0.25) is 11.8 Å². The van der Waals surface area contributed by atoms with Gasteiger partial charge in [-0.15, -0.1) is 0 Å². The summed E-state index contributed by atoms with van der Waals surface area (Å²) in [6.45, 7) is 1.79. The third-order valence-electron chi connectivity index (χ3n) is 3.51. The van der Waals surface area contributed by atoms with Gasteiger partial charge in [0.05, 0.1) is 18.1 Å². The van der Waals surface area contributed by atoms with E-state index in [4.69, 9.17) is 10.5 Å². The Labute approximate surface area is 147 Å². The molecule has 3 rings (SSSR count). The molecule has 0 bridgehead atoms. The van der Waals surface area contributed by atoms with E-state index >= 15 is 0 Å². The van der Waals surface area contributed by atoms with Gasteiger partial charge < -0.3 is 10.5 Å². The van der Waals surface area contributed by atoms with Crippen LogP contribution in [0.5, 0.6) is 5.75 Å². The third-order valence-corrected chi connectivity index (χ3v) is 3.51. The normalized spacial score (nSPS) is 11.2. The second-order valence-corrected chi connectivity index (χ2v) is 5.54.